The molecular weight excluding hydrogens is 669 g/mol. The zero-order chi connectivity index (χ0) is 35.6. The Morgan fingerprint density at radius 1 is 1.02 bits per heavy atom. The third-order valence-corrected chi connectivity index (χ3v) is 12.2. The van der Waals surface area contributed by atoms with E-state index >= 15 is 4.39 Å². The Bertz CT molecular complexity index is 2060. The van der Waals surface area contributed by atoms with Crippen molar-refractivity contribution in [1.82, 2.24) is 18.8 Å². The number of nitrogens with zero attached hydrogens (tertiary/aromatic N) is 4. The molecule has 3 aromatic rings. The Labute approximate surface area is 290 Å². The minimum Gasteiger partial charge on any atom is -0.496 e. The van der Waals surface area contributed by atoms with Gasteiger partial charge in [0.2, 0.25) is 0 Å². The number of carbonyl (C=O) groups excluding carboxylic acids is 2. The smallest absolute Gasteiger partial charge is 0.341 e. The number of nitrogens with one attached hydrogen (secondary N) is 1. The van der Waals surface area contributed by atoms with E-state index in [1.54, 1.807) is 7.11 Å². The van der Waals surface area contributed by atoms with Crippen LogP contribution in [0.5, 0.6) is 5.75 Å². The molecule has 2 unspecified atom stereocenters. The first-order chi connectivity index (χ1) is 23.8. The van der Waals surface area contributed by atoms with Gasteiger partial charge in [-0.2, -0.15) is 12.7 Å². The Hall–Kier alpha value is -4.05. The number of carbonyl (C=O) groups is 2. The van der Waals surface area contributed by atoms with Crippen molar-refractivity contribution in [3.63, 3.8) is 0 Å². The number of amides is 2. The highest BCUT2D eigenvalue weighted by Crippen LogP contribution is 2.45. The molecule has 0 bridgehead atoms. The number of likely N-dealkylation sites (N-methyl/N-ethyl adjacent to an activating group) is 1. The normalized spacial score (nSPS) is 22.4. The molecule has 50 heavy (non-hydrogen) atoms. The molecular formula is C35H42FN5O8S. The van der Waals surface area contributed by atoms with Gasteiger partial charge in [-0.3, -0.25) is 14.5 Å². The number of ether oxygens (including phenoxy) is 2. The minimum atomic E-state index is -4.13. The molecule has 268 valence electrons. The standard InChI is InChI=1S/C35H42FN5O8S/c1-19-10-29(39-9-8-38(3)23(16-39)18-47-4)20(2)32-31(19)24-6-7-40(17-27(24)35(44)49-32)34(43)25-13-30(48-5)26(12-28(25)36)33(42)37-50(45,46)41-14-21-11-22(21)15-41/h10,12-13,21-23H,6-9,11,14-18H2,1-5H3,(H,37,42)/t21?,22?,23-/m1/s1. The fourth-order valence-electron chi connectivity index (χ4n) is 7.81. The van der Waals surface area contributed by atoms with Crippen LogP contribution < -0.4 is 20.0 Å². The van der Waals surface area contributed by atoms with Gasteiger partial charge in [-0.05, 0) is 74.9 Å². The fraction of sp³-hybridized carbons (Fsp3) is 0.514. The summed E-state index contributed by atoms with van der Waals surface area (Å²) >= 11 is 0. The number of fused-ring (bicyclic) bond motifs is 4. The number of aryl methyl sites for hydroxylation is 2. The predicted octanol–water partition coefficient (Wildman–Crippen LogP) is 2.45. The maximum atomic E-state index is 15.5. The number of methoxy groups -OCH3 is 2. The van der Waals surface area contributed by atoms with Crippen LogP contribution in [0.3, 0.4) is 0 Å². The number of anilines is 1. The molecule has 0 radical (unpaired) electrons. The summed E-state index contributed by atoms with van der Waals surface area (Å²) in [5.41, 5.74) is 3.22. The average molecular weight is 712 g/mol. The molecule has 2 aromatic carbocycles. The molecule has 7 rings (SSSR count). The first kappa shape index (κ1) is 34.4. The van der Waals surface area contributed by atoms with E-state index in [1.165, 1.54) is 16.3 Å². The van der Waals surface area contributed by atoms with Gasteiger partial charge in [0, 0.05) is 63.0 Å². The van der Waals surface area contributed by atoms with Crippen LogP contribution in [0.15, 0.2) is 27.4 Å². The molecule has 4 heterocycles. The highest BCUT2D eigenvalue weighted by molar-refractivity contribution is 7.87. The molecule has 2 saturated heterocycles. The fourth-order valence-corrected chi connectivity index (χ4v) is 9.06. The molecule has 1 saturated carbocycles. The molecule has 13 nitrogen and oxygen atoms in total. The van der Waals surface area contributed by atoms with E-state index in [1.807, 2.05) is 18.6 Å². The molecule has 2 amide bonds. The average Bonchev–Trinajstić information content (AvgIpc) is 3.70. The Balaban J connectivity index is 1.13. The van der Waals surface area contributed by atoms with E-state index in [4.69, 9.17) is 13.9 Å². The van der Waals surface area contributed by atoms with Crippen LogP contribution in [0.4, 0.5) is 10.1 Å². The largest absolute Gasteiger partial charge is 0.496 e. The molecule has 3 aliphatic heterocycles. The van der Waals surface area contributed by atoms with Gasteiger partial charge in [-0.1, -0.05) is 0 Å². The van der Waals surface area contributed by atoms with Crippen molar-refractivity contribution in [2.75, 3.05) is 72.0 Å². The number of halogens is 1. The van der Waals surface area contributed by atoms with Gasteiger partial charge < -0.3 is 23.7 Å². The van der Waals surface area contributed by atoms with Crippen molar-refractivity contribution in [2.45, 2.75) is 39.3 Å². The predicted molar refractivity (Wildman–Crippen MR) is 183 cm³/mol. The molecule has 1 aromatic heterocycles. The van der Waals surface area contributed by atoms with Crippen molar-refractivity contribution in [2.24, 2.45) is 11.8 Å². The summed E-state index contributed by atoms with van der Waals surface area (Å²) in [5, 5.41) is 0.847. The summed E-state index contributed by atoms with van der Waals surface area (Å²) in [6, 6.07) is 4.25. The van der Waals surface area contributed by atoms with E-state index in [-0.39, 0.29) is 36.0 Å². The number of piperidine rings is 1. The van der Waals surface area contributed by atoms with E-state index in [0.29, 0.717) is 49.1 Å². The van der Waals surface area contributed by atoms with Crippen LogP contribution in [0.25, 0.3) is 11.0 Å². The molecule has 1 N–H and O–H groups in total. The quantitative estimate of drug-likeness (QED) is 0.347. The lowest BCUT2D eigenvalue weighted by Gasteiger charge is -2.41. The molecule has 15 heteroatoms. The van der Waals surface area contributed by atoms with Crippen LogP contribution in [0.2, 0.25) is 0 Å². The van der Waals surface area contributed by atoms with Crippen LogP contribution in [0, 0.1) is 31.5 Å². The van der Waals surface area contributed by atoms with Crippen LogP contribution in [-0.4, -0.2) is 108 Å². The molecule has 4 aliphatic rings. The van der Waals surface area contributed by atoms with Gasteiger partial charge in [0.05, 0.1) is 43.0 Å². The topological polar surface area (TPSA) is 142 Å². The van der Waals surface area contributed by atoms with Gasteiger partial charge in [-0.15, -0.1) is 0 Å². The maximum absolute atomic E-state index is 15.5. The van der Waals surface area contributed by atoms with Crippen LogP contribution in [-0.2, 0) is 27.9 Å². The Morgan fingerprint density at radius 2 is 1.76 bits per heavy atom. The summed E-state index contributed by atoms with van der Waals surface area (Å²) in [5.74, 6) is -2.32. The number of benzene rings is 2. The zero-order valence-corrected chi connectivity index (χ0v) is 29.7. The Morgan fingerprint density at radius 3 is 2.46 bits per heavy atom. The highest BCUT2D eigenvalue weighted by atomic mass is 32.2. The zero-order valence-electron chi connectivity index (χ0n) is 28.9. The summed E-state index contributed by atoms with van der Waals surface area (Å²) in [6.07, 6.45) is 1.33. The lowest BCUT2D eigenvalue weighted by atomic mass is 9.92. The van der Waals surface area contributed by atoms with Gasteiger partial charge >= 0.3 is 15.8 Å². The molecule has 3 atom stereocenters. The number of rotatable bonds is 8. The lowest BCUT2D eigenvalue weighted by molar-refractivity contribution is 0.0727. The second kappa shape index (κ2) is 12.9. The second-order valence-electron chi connectivity index (χ2n) is 13.9. The van der Waals surface area contributed by atoms with Gasteiger partial charge in [-0.25, -0.2) is 13.9 Å². The SMILES string of the molecule is COC[C@H]1CN(c2cc(C)c3c4c(c(=O)oc3c2C)CN(C(=O)c2cc(OC)c(C(=O)NS(=O)(=O)N3CC5CC5C3)cc2F)CC4)CCN1C. The van der Waals surface area contributed by atoms with E-state index < -0.39 is 33.5 Å². The van der Waals surface area contributed by atoms with E-state index in [2.05, 4.69) is 22.9 Å². The third kappa shape index (κ3) is 6.03. The first-order valence-electron chi connectivity index (χ1n) is 16.8. The highest BCUT2D eigenvalue weighted by Gasteiger charge is 2.49. The Kier molecular flexibility index (Phi) is 8.90. The van der Waals surface area contributed by atoms with Crippen molar-refractivity contribution in [3.8, 4) is 5.75 Å². The second-order valence-corrected chi connectivity index (χ2v) is 15.6. The summed E-state index contributed by atoms with van der Waals surface area (Å²) in [4.78, 5) is 46.2. The van der Waals surface area contributed by atoms with E-state index in [9.17, 15) is 22.8 Å². The minimum absolute atomic E-state index is 0.0934. The number of hydrogen-bond acceptors (Lipinski definition) is 10. The van der Waals surface area contributed by atoms with Crippen molar-refractivity contribution < 1.29 is 36.3 Å². The summed E-state index contributed by atoms with van der Waals surface area (Å²) in [7, 11) is 0.900. The number of piperazine rings is 1. The van der Waals surface area contributed by atoms with E-state index in [0.717, 1.165) is 66.0 Å². The summed E-state index contributed by atoms with van der Waals surface area (Å²) in [6.45, 7) is 7.81. The lowest BCUT2D eigenvalue weighted by Crippen LogP contribution is -2.53. The first-order valence-corrected chi connectivity index (χ1v) is 18.3. The number of hydrogen-bond donors (Lipinski definition) is 1. The summed E-state index contributed by atoms with van der Waals surface area (Å²) < 4.78 is 61.1. The van der Waals surface area contributed by atoms with Crippen molar-refractivity contribution in [3.05, 3.63) is 67.8 Å². The molecule has 3 fully saturated rings. The van der Waals surface area contributed by atoms with Crippen LogP contribution in [0.1, 0.15) is 49.4 Å². The van der Waals surface area contributed by atoms with Gasteiger partial charge in [0.15, 0.2) is 0 Å². The monoisotopic (exact) mass is 711 g/mol. The molecule has 1 aliphatic carbocycles. The van der Waals surface area contributed by atoms with Gasteiger partial charge in [0.25, 0.3) is 11.8 Å². The maximum Gasteiger partial charge on any atom is 0.341 e. The van der Waals surface area contributed by atoms with Crippen molar-refractivity contribution >= 4 is 38.7 Å². The van der Waals surface area contributed by atoms with Gasteiger partial charge in [0.1, 0.15) is 17.1 Å². The van der Waals surface area contributed by atoms with Crippen LogP contribution >= 0.6 is 0 Å². The third-order valence-electron chi connectivity index (χ3n) is 10.8. The van der Waals surface area contributed by atoms with Crippen molar-refractivity contribution in [1.29, 1.82) is 0 Å². The molecule has 0 spiro atoms.